The van der Waals surface area contributed by atoms with Crippen molar-refractivity contribution < 1.29 is 24.5 Å². The van der Waals surface area contributed by atoms with Crippen LogP contribution in [-0.4, -0.2) is 34.4 Å². The molecule has 0 aromatic heterocycles. The topological polar surface area (TPSA) is 83.8 Å². The summed E-state index contributed by atoms with van der Waals surface area (Å²) in [5.74, 6) is -1.63. The minimum Gasteiger partial charge on any atom is -0.481 e. The number of carboxylic acid groups (broad SMARTS) is 1. The Morgan fingerprint density at radius 2 is 1.27 bits per heavy atom. The molecular formula is C25H46O5. The van der Waals surface area contributed by atoms with E-state index in [1.54, 1.807) is 6.92 Å². The standard InChI is InChI=1S/C25H46O5/c1-3-5-6-7-8-9-10-11-12-13-14-15-16-17-18-19-20-25(29,21-23(26)27)22-24(28)30-4-2/h11-12,29H,3-10,13-22H2,1-2H3,(H,26,27)/b12-11-. The average molecular weight is 427 g/mol. The molecule has 2 N–H and O–H groups in total. The fourth-order valence-corrected chi connectivity index (χ4v) is 3.70. The Morgan fingerprint density at radius 3 is 1.77 bits per heavy atom. The molecule has 0 spiro atoms. The lowest BCUT2D eigenvalue weighted by atomic mass is 9.89. The summed E-state index contributed by atoms with van der Waals surface area (Å²) in [6.07, 6.45) is 21.0. The SMILES string of the molecule is CCCCCCCC/C=C\CCCCCCCCC(O)(CC(=O)O)CC(=O)OCC. The van der Waals surface area contributed by atoms with Gasteiger partial charge in [0.2, 0.25) is 0 Å². The second kappa shape index (κ2) is 19.6. The third kappa shape index (κ3) is 18.7. The Bertz CT molecular complexity index is 460. The molecule has 0 aliphatic carbocycles. The van der Waals surface area contributed by atoms with Crippen molar-refractivity contribution in [2.45, 2.75) is 129 Å². The first kappa shape index (κ1) is 28.6. The number of carboxylic acids is 1. The molecule has 0 rings (SSSR count). The van der Waals surface area contributed by atoms with Crippen LogP contribution in [0.2, 0.25) is 0 Å². The lowest BCUT2D eigenvalue weighted by molar-refractivity contribution is -0.153. The van der Waals surface area contributed by atoms with Crippen LogP contribution in [-0.2, 0) is 14.3 Å². The molecule has 0 aliphatic rings. The first-order valence-corrected chi connectivity index (χ1v) is 12.2. The normalized spacial score (nSPS) is 13.4. The van der Waals surface area contributed by atoms with Crippen LogP contribution in [0.25, 0.3) is 0 Å². The summed E-state index contributed by atoms with van der Waals surface area (Å²) in [5.41, 5.74) is -1.50. The van der Waals surface area contributed by atoms with Crippen molar-refractivity contribution in [3.8, 4) is 0 Å². The maximum absolute atomic E-state index is 11.6. The molecule has 0 aromatic rings. The van der Waals surface area contributed by atoms with Crippen LogP contribution in [0.1, 0.15) is 123 Å². The Hall–Kier alpha value is -1.36. The van der Waals surface area contributed by atoms with Gasteiger partial charge in [-0.3, -0.25) is 9.59 Å². The zero-order valence-electron chi connectivity index (χ0n) is 19.5. The second-order valence-corrected chi connectivity index (χ2v) is 8.46. The highest BCUT2D eigenvalue weighted by atomic mass is 16.5. The number of carbonyl (C=O) groups excluding carboxylic acids is 1. The van der Waals surface area contributed by atoms with Gasteiger partial charge in [0, 0.05) is 0 Å². The van der Waals surface area contributed by atoms with Crippen LogP contribution >= 0.6 is 0 Å². The lowest BCUT2D eigenvalue weighted by Gasteiger charge is -2.25. The maximum atomic E-state index is 11.6. The van der Waals surface area contributed by atoms with Gasteiger partial charge in [0.05, 0.1) is 25.0 Å². The first-order chi connectivity index (χ1) is 14.4. The Labute approximate surface area is 184 Å². The minimum absolute atomic E-state index is 0.232. The molecule has 0 saturated carbocycles. The van der Waals surface area contributed by atoms with Gasteiger partial charge >= 0.3 is 11.9 Å². The van der Waals surface area contributed by atoms with Crippen LogP contribution in [0.15, 0.2) is 12.2 Å². The molecule has 0 heterocycles. The molecule has 1 unspecified atom stereocenters. The highest BCUT2D eigenvalue weighted by Crippen LogP contribution is 2.24. The van der Waals surface area contributed by atoms with Gasteiger partial charge in [-0.25, -0.2) is 0 Å². The van der Waals surface area contributed by atoms with E-state index in [0.29, 0.717) is 6.42 Å². The number of hydrogen-bond donors (Lipinski definition) is 2. The van der Waals surface area contributed by atoms with Crippen LogP contribution in [0, 0.1) is 0 Å². The number of hydrogen-bond acceptors (Lipinski definition) is 4. The van der Waals surface area contributed by atoms with Crippen molar-refractivity contribution >= 4 is 11.9 Å². The van der Waals surface area contributed by atoms with E-state index in [4.69, 9.17) is 9.84 Å². The van der Waals surface area contributed by atoms with Gasteiger partial charge in [-0.05, 0) is 39.0 Å². The van der Waals surface area contributed by atoms with Crippen LogP contribution in [0.5, 0.6) is 0 Å². The van der Waals surface area contributed by atoms with E-state index in [9.17, 15) is 14.7 Å². The highest BCUT2D eigenvalue weighted by molar-refractivity contribution is 5.73. The molecule has 0 bridgehead atoms. The quantitative estimate of drug-likeness (QED) is 0.123. The van der Waals surface area contributed by atoms with Crippen molar-refractivity contribution in [1.82, 2.24) is 0 Å². The van der Waals surface area contributed by atoms with E-state index in [1.807, 2.05) is 0 Å². The monoisotopic (exact) mass is 426 g/mol. The Kier molecular flexibility index (Phi) is 18.7. The van der Waals surface area contributed by atoms with E-state index in [2.05, 4.69) is 19.1 Å². The second-order valence-electron chi connectivity index (χ2n) is 8.46. The minimum atomic E-state index is -1.50. The van der Waals surface area contributed by atoms with E-state index < -0.39 is 24.0 Å². The van der Waals surface area contributed by atoms with Gasteiger partial charge in [0.15, 0.2) is 0 Å². The fourth-order valence-electron chi connectivity index (χ4n) is 3.70. The number of esters is 1. The molecule has 0 aliphatic heterocycles. The summed E-state index contributed by atoms with van der Waals surface area (Å²) < 4.78 is 4.85. The van der Waals surface area contributed by atoms with Gasteiger partial charge < -0.3 is 14.9 Å². The number of aliphatic hydroxyl groups is 1. The molecule has 0 saturated heterocycles. The summed E-state index contributed by atoms with van der Waals surface area (Å²) in [6, 6.07) is 0. The summed E-state index contributed by atoms with van der Waals surface area (Å²) in [5, 5.41) is 19.5. The molecule has 0 aromatic carbocycles. The van der Waals surface area contributed by atoms with Crippen LogP contribution in [0.3, 0.4) is 0 Å². The zero-order valence-corrected chi connectivity index (χ0v) is 19.5. The van der Waals surface area contributed by atoms with E-state index >= 15 is 0 Å². The molecule has 1 atom stereocenters. The van der Waals surface area contributed by atoms with Crippen molar-refractivity contribution in [1.29, 1.82) is 0 Å². The van der Waals surface area contributed by atoms with E-state index in [-0.39, 0.29) is 13.0 Å². The number of carbonyl (C=O) groups is 2. The van der Waals surface area contributed by atoms with Crippen molar-refractivity contribution in [2.75, 3.05) is 6.61 Å². The van der Waals surface area contributed by atoms with E-state index in [1.165, 1.54) is 57.8 Å². The van der Waals surface area contributed by atoms with Gasteiger partial charge in [-0.15, -0.1) is 0 Å². The third-order valence-corrected chi connectivity index (χ3v) is 5.41. The Morgan fingerprint density at radius 1 is 0.767 bits per heavy atom. The molecule has 0 amide bonds. The molecule has 5 heteroatoms. The number of aliphatic carboxylic acids is 1. The fraction of sp³-hybridized carbons (Fsp3) is 0.840. The number of unbranched alkanes of at least 4 members (excludes halogenated alkanes) is 12. The predicted octanol–water partition coefficient (Wildman–Crippen LogP) is 6.57. The summed E-state index contributed by atoms with van der Waals surface area (Å²) in [4.78, 5) is 22.6. The number of allylic oxidation sites excluding steroid dienone is 2. The first-order valence-electron chi connectivity index (χ1n) is 12.2. The maximum Gasteiger partial charge on any atom is 0.308 e. The average Bonchev–Trinajstić information content (AvgIpc) is 2.67. The van der Waals surface area contributed by atoms with Gasteiger partial charge in [-0.2, -0.15) is 0 Å². The van der Waals surface area contributed by atoms with Crippen LogP contribution < -0.4 is 0 Å². The van der Waals surface area contributed by atoms with Gasteiger partial charge in [-0.1, -0.05) is 83.3 Å². The highest BCUT2D eigenvalue weighted by Gasteiger charge is 2.33. The van der Waals surface area contributed by atoms with Crippen molar-refractivity contribution in [3.05, 3.63) is 12.2 Å². The largest absolute Gasteiger partial charge is 0.481 e. The van der Waals surface area contributed by atoms with E-state index in [0.717, 1.165) is 32.1 Å². The zero-order chi connectivity index (χ0) is 22.5. The molecule has 30 heavy (non-hydrogen) atoms. The predicted molar refractivity (Wildman–Crippen MR) is 123 cm³/mol. The molecular weight excluding hydrogens is 380 g/mol. The molecule has 0 radical (unpaired) electrons. The molecule has 176 valence electrons. The molecule has 0 fully saturated rings. The van der Waals surface area contributed by atoms with Crippen LogP contribution in [0.4, 0.5) is 0 Å². The third-order valence-electron chi connectivity index (χ3n) is 5.41. The smallest absolute Gasteiger partial charge is 0.308 e. The lowest BCUT2D eigenvalue weighted by Crippen LogP contribution is -2.35. The number of ether oxygens (including phenoxy) is 1. The van der Waals surface area contributed by atoms with Crippen molar-refractivity contribution in [2.24, 2.45) is 0 Å². The Balaban J connectivity index is 3.70. The molecule has 5 nitrogen and oxygen atoms in total. The number of rotatable bonds is 21. The summed E-state index contributed by atoms with van der Waals surface area (Å²) in [7, 11) is 0. The summed E-state index contributed by atoms with van der Waals surface area (Å²) >= 11 is 0. The van der Waals surface area contributed by atoms with Gasteiger partial charge in [0.1, 0.15) is 0 Å². The van der Waals surface area contributed by atoms with Gasteiger partial charge in [0.25, 0.3) is 0 Å². The van der Waals surface area contributed by atoms with Crippen molar-refractivity contribution in [3.63, 3.8) is 0 Å². The summed E-state index contributed by atoms with van der Waals surface area (Å²) in [6.45, 7) is 4.18.